The number of nitrogens with one attached hydrogen (secondary N) is 1. The summed E-state index contributed by atoms with van der Waals surface area (Å²) in [7, 11) is -4.35. The third-order valence-electron chi connectivity index (χ3n) is 10.1. The molecule has 0 aromatic rings. The maximum atomic E-state index is 12.8. The van der Waals surface area contributed by atoms with Crippen molar-refractivity contribution < 1.29 is 28.4 Å². The quantitative estimate of drug-likeness (QED) is 0.0274. The van der Waals surface area contributed by atoms with E-state index in [2.05, 4.69) is 67.8 Å². The molecule has 3 atom stereocenters. The average molecular weight is 821 g/mol. The average Bonchev–Trinajstić information content (AvgIpc) is 3.20. The van der Waals surface area contributed by atoms with Gasteiger partial charge in [0.1, 0.15) is 0 Å². The van der Waals surface area contributed by atoms with Crippen LogP contribution >= 0.6 is 7.82 Å². The first-order valence-electron chi connectivity index (χ1n) is 23.4. The fraction of sp³-hybridized carbons (Fsp3) is 0.771. The number of hydrogen-bond donors (Lipinski definition) is 4. The van der Waals surface area contributed by atoms with Crippen LogP contribution in [0, 0.1) is 0 Å². The summed E-state index contributed by atoms with van der Waals surface area (Å²) in [6.45, 7) is 4.09. The summed E-state index contributed by atoms with van der Waals surface area (Å²) in [6.07, 6.45) is 55.6. The second kappa shape index (κ2) is 43.8. The van der Waals surface area contributed by atoms with Crippen LogP contribution in [0.15, 0.2) is 60.8 Å². The first kappa shape index (κ1) is 55.2. The topological polar surface area (TPSA) is 131 Å². The SMILES string of the molecule is CCCCCCC/C=C\C/C=C\C/C=C\CCCCCCCCCCC(=O)NC(COP(=O)(O)OCCN)C(O)/C=C/CC/C=C/CCCCCCCCCCC. The van der Waals surface area contributed by atoms with Gasteiger partial charge in [0.05, 0.1) is 25.4 Å². The van der Waals surface area contributed by atoms with Gasteiger partial charge < -0.3 is 21.1 Å². The molecule has 0 aromatic carbocycles. The molecule has 57 heavy (non-hydrogen) atoms. The van der Waals surface area contributed by atoms with Gasteiger partial charge in [-0.25, -0.2) is 4.57 Å². The molecule has 0 saturated heterocycles. The van der Waals surface area contributed by atoms with Gasteiger partial charge in [0.2, 0.25) is 5.91 Å². The molecule has 8 nitrogen and oxygen atoms in total. The number of carbonyl (C=O) groups is 1. The number of nitrogens with two attached hydrogens (primary N) is 1. The Morgan fingerprint density at radius 2 is 0.982 bits per heavy atom. The molecule has 0 aliphatic carbocycles. The Balaban J connectivity index is 4.20. The van der Waals surface area contributed by atoms with E-state index in [1.54, 1.807) is 6.08 Å². The van der Waals surface area contributed by atoms with E-state index >= 15 is 0 Å². The second-order valence-electron chi connectivity index (χ2n) is 15.6. The predicted octanol–water partition coefficient (Wildman–Crippen LogP) is 13.4. The van der Waals surface area contributed by atoms with E-state index in [-0.39, 0.29) is 25.7 Å². The number of phosphoric ester groups is 1. The van der Waals surface area contributed by atoms with Crippen LogP contribution < -0.4 is 11.1 Å². The van der Waals surface area contributed by atoms with Crippen molar-refractivity contribution in [1.82, 2.24) is 5.32 Å². The van der Waals surface area contributed by atoms with Crippen molar-refractivity contribution in [3.63, 3.8) is 0 Å². The van der Waals surface area contributed by atoms with Gasteiger partial charge in [-0.15, -0.1) is 0 Å². The molecular weight excluding hydrogens is 732 g/mol. The third-order valence-corrected chi connectivity index (χ3v) is 11.0. The van der Waals surface area contributed by atoms with Gasteiger partial charge >= 0.3 is 7.82 Å². The minimum Gasteiger partial charge on any atom is -0.387 e. The van der Waals surface area contributed by atoms with Crippen molar-refractivity contribution in [3.05, 3.63) is 60.8 Å². The zero-order chi connectivity index (χ0) is 41.8. The first-order chi connectivity index (χ1) is 27.9. The van der Waals surface area contributed by atoms with Gasteiger partial charge in [0, 0.05) is 13.0 Å². The van der Waals surface area contributed by atoms with Crippen LogP contribution in [0.25, 0.3) is 0 Å². The van der Waals surface area contributed by atoms with Crippen molar-refractivity contribution in [1.29, 1.82) is 0 Å². The van der Waals surface area contributed by atoms with Crippen LogP contribution in [0.5, 0.6) is 0 Å². The van der Waals surface area contributed by atoms with Crippen molar-refractivity contribution in [2.24, 2.45) is 5.73 Å². The van der Waals surface area contributed by atoms with Crippen molar-refractivity contribution >= 4 is 13.7 Å². The highest BCUT2D eigenvalue weighted by molar-refractivity contribution is 7.47. The first-order valence-corrected chi connectivity index (χ1v) is 24.9. The van der Waals surface area contributed by atoms with Gasteiger partial charge in [-0.05, 0) is 70.6 Å². The highest BCUT2D eigenvalue weighted by Gasteiger charge is 2.26. The molecule has 9 heteroatoms. The number of carbonyl (C=O) groups excluding carboxylic acids is 1. The standard InChI is InChI=1S/C48H89N2O6P/c1-3-5-7-9-11-13-15-17-19-20-21-22-23-24-25-26-28-30-32-34-36-38-40-42-48(52)50-46(45-56-57(53,54)55-44-43-49)47(51)41-39-37-35-33-31-29-27-18-16-14-12-10-8-6-4-2/h15,17,20-21,23-24,31,33,39,41,46-47,51H,3-14,16,18-19,22,25-30,32,34-38,40,42-45,49H2,1-2H3,(H,50,52)(H,53,54)/b17-15-,21-20-,24-23-,33-31+,41-39+. The molecule has 0 aromatic heterocycles. The second-order valence-corrected chi connectivity index (χ2v) is 17.1. The number of aliphatic hydroxyl groups excluding tert-OH is 1. The van der Waals surface area contributed by atoms with Crippen LogP contribution in [-0.4, -0.2) is 47.8 Å². The zero-order valence-electron chi connectivity index (χ0n) is 36.8. The summed E-state index contributed by atoms with van der Waals surface area (Å²) < 4.78 is 22.1. The lowest BCUT2D eigenvalue weighted by molar-refractivity contribution is -0.123. The highest BCUT2D eigenvalue weighted by atomic mass is 31.2. The smallest absolute Gasteiger partial charge is 0.387 e. The molecule has 0 bridgehead atoms. The van der Waals surface area contributed by atoms with E-state index in [0.717, 1.165) is 57.8 Å². The summed E-state index contributed by atoms with van der Waals surface area (Å²) >= 11 is 0. The number of amides is 1. The molecule has 1 amide bonds. The molecule has 5 N–H and O–H groups in total. The highest BCUT2D eigenvalue weighted by Crippen LogP contribution is 2.43. The molecule has 0 spiro atoms. The number of phosphoric acid groups is 1. The number of aliphatic hydroxyl groups is 1. The molecule has 3 unspecified atom stereocenters. The van der Waals surface area contributed by atoms with E-state index in [4.69, 9.17) is 14.8 Å². The van der Waals surface area contributed by atoms with Gasteiger partial charge in [0.15, 0.2) is 0 Å². The zero-order valence-corrected chi connectivity index (χ0v) is 37.7. The Labute approximate surface area is 351 Å². The van der Waals surface area contributed by atoms with Crippen molar-refractivity contribution in [2.45, 2.75) is 219 Å². The third kappa shape index (κ3) is 42.1. The molecule has 0 heterocycles. The number of allylic oxidation sites excluding steroid dienone is 9. The lowest BCUT2D eigenvalue weighted by Crippen LogP contribution is -2.45. The number of hydrogen-bond acceptors (Lipinski definition) is 6. The van der Waals surface area contributed by atoms with Crippen molar-refractivity contribution in [2.75, 3.05) is 19.8 Å². The van der Waals surface area contributed by atoms with Gasteiger partial charge in [-0.2, -0.15) is 0 Å². The van der Waals surface area contributed by atoms with Crippen LogP contribution in [0.4, 0.5) is 0 Å². The van der Waals surface area contributed by atoms with Crippen LogP contribution in [-0.2, 0) is 18.4 Å². The van der Waals surface area contributed by atoms with Crippen LogP contribution in [0.1, 0.15) is 206 Å². The van der Waals surface area contributed by atoms with Gasteiger partial charge in [0.25, 0.3) is 0 Å². The summed E-state index contributed by atoms with van der Waals surface area (Å²) in [4.78, 5) is 22.7. The molecule has 0 fully saturated rings. The Bertz CT molecular complexity index is 1080. The Morgan fingerprint density at radius 1 is 0.579 bits per heavy atom. The predicted molar refractivity (Wildman–Crippen MR) is 244 cm³/mol. The normalized spacial score (nSPS) is 14.5. The van der Waals surface area contributed by atoms with E-state index in [1.807, 2.05) is 6.08 Å². The molecule has 0 saturated carbocycles. The Kier molecular flexibility index (Phi) is 42.4. The summed E-state index contributed by atoms with van der Waals surface area (Å²) in [6, 6.07) is -0.883. The lowest BCUT2D eigenvalue weighted by atomic mass is 10.1. The van der Waals surface area contributed by atoms with E-state index in [1.165, 1.54) is 128 Å². The minimum absolute atomic E-state index is 0.0704. The number of rotatable bonds is 43. The van der Waals surface area contributed by atoms with E-state index in [9.17, 15) is 19.4 Å². The maximum absolute atomic E-state index is 12.8. The van der Waals surface area contributed by atoms with Gasteiger partial charge in [-0.1, -0.05) is 190 Å². The number of unbranched alkanes of at least 4 members (excludes halogenated alkanes) is 23. The summed E-state index contributed by atoms with van der Waals surface area (Å²) in [5.41, 5.74) is 5.38. The summed E-state index contributed by atoms with van der Waals surface area (Å²) in [5.74, 6) is -0.213. The van der Waals surface area contributed by atoms with Gasteiger partial charge in [-0.3, -0.25) is 13.8 Å². The fourth-order valence-corrected chi connectivity index (χ4v) is 7.27. The monoisotopic (exact) mass is 821 g/mol. The van der Waals surface area contributed by atoms with E-state index in [0.29, 0.717) is 6.42 Å². The molecular formula is C48H89N2O6P. The fourth-order valence-electron chi connectivity index (χ4n) is 6.51. The van der Waals surface area contributed by atoms with Crippen molar-refractivity contribution in [3.8, 4) is 0 Å². The lowest BCUT2D eigenvalue weighted by Gasteiger charge is -2.23. The largest absolute Gasteiger partial charge is 0.472 e. The van der Waals surface area contributed by atoms with E-state index < -0.39 is 20.0 Å². The molecule has 332 valence electrons. The Morgan fingerprint density at radius 3 is 1.47 bits per heavy atom. The molecule has 0 aliphatic heterocycles. The molecule has 0 aliphatic rings. The summed E-state index contributed by atoms with van der Waals surface area (Å²) in [5, 5.41) is 13.7. The minimum atomic E-state index is -4.35. The Hall–Kier alpha value is -1.80. The molecule has 0 rings (SSSR count). The van der Waals surface area contributed by atoms with Crippen LogP contribution in [0.3, 0.4) is 0 Å². The molecule has 0 radical (unpaired) electrons. The van der Waals surface area contributed by atoms with Crippen LogP contribution in [0.2, 0.25) is 0 Å². The maximum Gasteiger partial charge on any atom is 0.472 e.